The summed E-state index contributed by atoms with van der Waals surface area (Å²) in [4.78, 5) is 0.175. The lowest BCUT2D eigenvalue weighted by atomic mass is 9.87. The number of hydrogen-bond donors (Lipinski definition) is 1. The molecule has 0 bridgehead atoms. The van der Waals surface area contributed by atoms with Gasteiger partial charge in [-0.3, -0.25) is 4.31 Å². The van der Waals surface area contributed by atoms with Gasteiger partial charge in [0.05, 0.1) is 16.7 Å². The zero-order valence-electron chi connectivity index (χ0n) is 20.0. The van der Waals surface area contributed by atoms with Gasteiger partial charge in [-0.05, 0) is 62.4 Å². The lowest BCUT2D eigenvalue weighted by Crippen LogP contribution is -2.37. The average Bonchev–Trinajstić information content (AvgIpc) is 2.78. The van der Waals surface area contributed by atoms with Crippen LogP contribution in [0.2, 0.25) is 0 Å². The summed E-state index contributed by atoms with van der Waals surface area (Å²) >= 11 is 0. The third-order valence-electron chi connectivity index (χ3n) is 6.61. The maximum atomic E-state index is 13.8. The minimum atomic E-state index is -3.83. The fraction of sp³-hybridized carbons (Fsp3) is 0.538. The van der Waals surface area contributed by atoms with Crippen molar-refractivity contribution in [2.24, 2.45) is 11.8 Å². The molecule has 0 amide bonds. The number of nitrogens with zero attached hydrogens (tertiary/aromatic N) is 1. The topological polar surface area (TPSA) is 76.1 Å². The standard InChI is InChI=1S/C26H35NO5S/c1-17(2)16-27(23-7-5-18(3)13-19(23)4)33(29,30)21-6-8-25-22(14-21)24(28)15-26(32-25)20-9-11-31-12-10-20/h5-8,13-14,17,20,24,26,28H,9-12,15-16H2,1-4H3. The summed E-state index contributed by atoms with van der Waals surface area (Å²) in [5, 5.41) is 10.9. The van der Waals surface area contributed by atoms with Gasteiger partial charge in [0.2, 0.25) is 0 Å². The second-order valence-corrected chi connectivity index (χ2v) is 11.6. The van der Waals surface area contributed by atoms with Crippen molar-refractivity contribution in [1.29, 1.82) is 0 Å². The summed E-state index contributed by atoms with van der Waals surface area (Å²) < 4.78 is 40.8. The van der Waals surface area contributed by atoms with Crippen LogP contribution in [0, 0.1) is 25.7 Å². The van der Waals surface area contributed by atoms with Crippen molar-refractivity contribution in [2.75, 3.05) is 24.1 Å². The Morgan fingerprint density at radius 3 is 2.48 bits per heavy atom. The number of ether oxygens (including phenoxy) is 2. The zero-order chi connectivity index (χ0) is 23.8. The van der Waals surface area contributed by atoms with Gasteiger partial charge in [-0.15, -0.1) is 0 Å². The van der Waals surface area contributed by atoms with Gasteiger partial charge in [-0.1, -0.05) is 31.5 Å². The fourth-order valence-corrected chi connectivity index (χ4v) is 6.59. The van der Waals surface area contributed by atoms with E-state index in [-0.39, 0.29) is 16.9 Å². The summed E-state index contributed by atoms with van der Waals surface area (Å²) in [6.45, 7) is 9.75. The molecule has 1 saturated heterocycles. The van der Waals surface area contributed by atoms with Crippen molar-refractivity contribution in [3.05, 3.63) is 53.1 Å². The van der Waals surface area contributed by atoms with Crippen molar-refractivity contribution in [3.8, 4) is 5.75 Å². The molecule has 33 heavy (non-hydrogen) atoms. The van der Waals surface area contributed by atoms with E-state index in [4.69, 9.17) is 9.47 Å². The lowest BCUT2D eigenvalue weighted by molar-refractivity contribution is -0.0151. The van der Waals surface area contributed by atoms with E-state index in [2.05, 4.69) is 0 Å². The van der Waals surface area contributed by atoms with Crippen LogP contribution in [0.25, 0.3) is 0 Å². The molecular weight excluding hydrogens is 438 g/mol. The van der Waals surface area contributed by atoms with E-state index in [9.17, 15) is 13.5 Å². The number of fused-ring (bicyclic) bond motifs is 1. The molecule has 4 rings (SSSR count). The number of sulfonamides is 1. The van der Waals surface area contributed by atoms with Crippen LogP contribution in [0.1, 0.15) is 55.9 Å². The van der Waals surface area contributed by atoms with E-state index in [0.717, 1.165) is 37.2 Å². The van der Waals surface area contributed by atoms with E-state index in [1.165, 1.54) is 4.31 Å². The monoisotopic (exact) mass is 473 g/mol. The number of aliphatic hydroxyl groups excluding tert-OH is 1. The Labute approximate surface area is 197 Å². The van der Waals surface area contributed by atoms with Crippen LogP contribution < -0.4 is 9.04 Å². The number of aryl methyl sites for hydroxylation is 2. The first-order chi connectivity index (χ1) is 15.7. The fourth-order valence-electron chi connectivity index (χ4n) is 4.86. The van der Waals surface area contributed by atoms with E-state index < -0.39 is 16.1 Å². The largest absolute Gasteiger partial charge is 0.490 e. The second-order valence-electron chi connectivity index (χ2n) is 9.78. The Balaban J connectivity index is 1.67. The summed E-state index contributed by atoms with van der Waals surface area (Å²) in [7, 11) is -3.83. The van der Waals surface area contributed by atoms with Crippen LogP contribution in [0.5, 0.6) is 5.75 Å². The quantitative estimate of drug-likeness (QED) is 0.654. The van der Waals surface area contributed by atoms with E-state index in [0.29, 0.717) is 35.9 Å². The normalized spacial score (nSPS) is 21.5. The molecule has 2 aliphatic heterocycles. The lowest BCUT2D eigenvalue weighted by Gasteiger charge is -2.36. The maximum absolute atomic E-state index is 13.8. The Hall–Kier alpha value is -2.09. The predicted molar refractivity (Wildman–Crippen MR) is 129 cm³/mol. The van der Waals surface area contributed by atoms with Crippen LogP contribution in [0.4, 0.5) is 5.69 Å². The highest BCUT2D eigenvalue weighted by Gasteiger charge is 2.35. The van der Waals surface area contributed by atoms with E-state index >= 15 is 0 Å². The van der Waals surface area contributed by atoms with Crippen LogP contribution in [0.3, 0.4) is 0 Å². The molecule has 2 atom stereocenters. The molecular formula is C26H35NO5S. The summed E-state index contributed by atoms with van der Waals surface area (Å²) in [6.07, 6.45) is 1.47. The Bertz CT molecular complexity index is 1090. The van der Waals surface area contributed by atoms with E-state index in [1.807, 2.05) is 45.9 Å². The van der Waals surface area contributed by atoms with Gasteiger partial charge < -0.3 is 14.6 Å². The van der Waals surface area contributed by atoms with Crippen LogP contribution in [0.15, 0.2) is 41.3 Å². The highest BCUT2D eigenvalue weighted by atomic mass is 32.2. The Kier molecular flexibility index (Phi) is 7.03. The van der Waals surface area contributed by atoms with Crippen molar-refractivity contribution < 1.29 is 23.0 Å². The first-order valence-electron chi connectivity index (χ1n) is 11.8. The number of anilines is 1. The first kappa shape index (κ1) is 24.0. The molecule has 0 aromatic heterocycles. The molecule has 2 aromatic carbocycles. The summed E-state index contributed by atoms with van der Waals surface area (Å²) in [6, 6.07) is 10.7. The second kappa shape index (κ2) is 9.65. The molecule has 0 aliphatic carbocycles. The van der Waals surface area contributed by atoms with Crippen molar-refractivity contribution >= 4 is 15.7 Å². The smallest absolute Gasteiger partial charge is 0.264 e. The highest BCUT2D eigenvalue weighted by molar-refractivity contribution is 7.92. The van der Waals surface area contributed by atoms with Gasteiger partial charge in [0, 0.05) is 37.7 Å². The van der Waals surface area contributed by atoms with Gasteiger partial charge in [0.1, 0.15) is 11.9 Å². The Morgan fingerprint density at radius 2 is 1.82 bits per heavy atom. The van der Waals surface area contributed by atoms with Crippen molar-refractivity contribution in [1.82, 2.24) is 0 Å². The predicted octanol–water partition coefficient (Wildman–Crippen LogP) is 4.77. The highest BCUT2D eigenvalue weighted by Crippen LogP contribution is 2.40. The van der Waals surface area contributed by atoms with Gasteiger partial charge >= 0.3 is 0 Å². The van der Waals surface area contributed by atoms with Gasteiger partial charge in [0.25, 0.3) is 10.0 Å². The molecule has 7 heteroatoms. The van der Waals surface area contributed by atoms with Crippen LogP contribution >= 0.6 is 0 Å². The summed E-state index contributed by atoms with van der Waals surface area (Å²) in [5.74, 6) is 1.06. The Morgan fingerprint density at radius 1 is 1.09 bits per heavy atom. The third kappa shape index (κ3) is 5.05. The molecule has 1 fully saturated rings. The summed E-state index contributed by atoms with van der Waals surface area (Å²) in [5.41, 5.74) is 3.24. The van der Waals surface area contributed by atoms with Gasteiger partial charge in [0.15, 0.2) is 0 Å². The number of aliphatic hydroxyl groups is 1. The molecule has 0 radical (unpaired) electrons. The molecule has 2 aromatic rings. The number of hydrogen-bond acceptors (Lipinski definition) is 5. The maximum Gasteiger partial charge on any atom is 0.264 e. The number of benzene rings is 2. The van der Waals surface area contributed by atoms with Gasteiger partial charge in [-0.2, -0.15) is 0 Å². The van der Waals surface area contributed by atoms with E-state index in [1.54, 1.807) is 18.2 Å². The molecule has 180 valence electrons. The molecule has 1 N–H and O–H groups in total. The minimum absolute atomic E-state index is 0.0773. The van der Waals surface area contributed by atoms with Crippen LogP contribution in [-0.2, 0) is 14.8 Å². The molecule has 2 aliphatic rings. The van der Waals surface area contributed by atoms with Gasteiger partial charge in [-0.25, -0.2) is 8.42 Å². The van der Waals surface area contributed by atoms with Crippen molar-refractivity contribution in [2.45, 2.75) is 64.1 Å². The molecule has 2 heterocycles. The first-order valence-corrected chi connectivity index (χ1v) is 13.3. The molecule has 0 saturated carbocycles. The minimum Gasteiger partial charge on any atom is -0.490 e. The van der Waals surface area contributed by atoms with Crippen LogP contribution in [-0.4, -0.2) is 39.4 Å². The zero-order valence-corrected chi connectivity index (χ0v) is 20.8. The third-order valence-corrected chi connectivity index (χ3v) is 8.38. The SMILES string of the molecule is Cc1ccc(N(CC(C)C)S(=O)(=O)c2ccc3c(c2)C(O)CC(C2CCOCC2)O3)c(C)c1. The molecule has 0 spiro atoms. The molecule has 2 unspecified atom stereocenters. The molecule has 6 nitrogen and oxygen atoms in total. The van der Waals surface area contributed by atoms with Crippen molar-refractivity contribution in [3.63, 3.8) is 0 Å². The number of rotatable bonds is 6. The average molecular weight is 474 g/mol.